The van der Waals surface area contributed by atoms with Crippen LogP contribution in [0.2, 0.25) is 0 Å². The molecule has 0 aliphatic carbocycles. The second-order valence-electron chi connectivity index (χ2n) is 7.16. The molecule has 7 heteroatoms. The number of rotatable bonds is 3. The van der Waals surface area contributed by atoms with Gasteiger partial charge in [-0.05, 0) is 36.8 Å². The number of thiophene rings is 1. The van der Waals surface area contributed by atoms with Crippen LogP contribution in [0.15, 0.2) is 55.6 Å². The standard InChI is InChI=1S/C23H12O6S/c1-10-2-4-12-14(6-10)18(25)16-17-19(26)15-7-11(8-29-9-24)3-5-13(15)21(28)23(17)30-22(16)20(12)27/h2-7,9H,8H2,1H3. The van der Waals surface area contributed by atoms with Crippen molar-refractivity contribution in [3.63, 3.8) is 0 Å². The summed E-state index contributed by atoms with van der Waals surface area (Å²) >= 11 is 0.899. The van der Waals surface area contributed by atoms with Crippen LogP contribution in [-0.2, 0) is 16.1 Å². The van der Waals surface area contributed by atoms with Gasteiger partial charge < -0.3 is 4.74 Å². The molecule has 0 radical (unpaired) electrons. The largest absolute Gasteiger partial charge is 0.463 e. The molecule has 0 saturated heterocycles. The zero-order valence-corrected chi connectivity index (χ0v) is 16.4. The second-order valence-corrected chi connectivity index (χ2v) is 8.18. The minimum atomic E-state index is -0.484. The fourth-order valence-electron chi connectivity index (χ4n) is 3.94. The van der Waals surface area contributed by atoms with Crippen molar-refractivity contribution in [1.29, 1.82) is 0 Å². The maximum atomic E-state index is 13.3. The van der Waals surface area contributed by atoms with E-state index < -0.39 is 16.3 Å². The summed E-state index contributed by atoms with van der Waals surface area (Å²) in [5.74, 6) is 0. The van der Waals surface area contributed by atoms with Crippen LogP contribution in [-0.4, -0.2) is 6.47 Å². The number of hydrogen-bond donors (Lipinski definition) is 0. The minimum absolute atomic E-state index is 0.00791. The molecule has 0 amide bonds. The lowest BCUT2D eigenvalue weighted by Crippen LogP contribution is -2.15. The van der Waals surface area contributed by atoms with Gasteiger partial charge in [-0.2, -0.15) is 0 Å². The quantitative estimate of drug-likeness (QED) is 0.420. The summed E-state index contributed by atoms with van der Waals surface area (Å²) in [6, 6.07) is 9.56. The van der Waals surface area contributed by atoms with Gasteiger partial charge in [-0.3, -0.25) is 24.0 Å². The number of benzene rings is 4. The Balaban J connectivity index is 2.03. The number of carbonyl (C=O) groups is 1. The van der Waals surface area contributed by atoms with E-state index >= 15 is 0 Å². The molecule has 0 atom stereocenters. The average Bonchev–Trinajstić information content (AvgIpc) is 3.16. The Morgan fingerprint density at radius 3 is 1.93 bits per heavy atom. The summed E-state index contributed by atoms with van der Waals surface area (Å²) in [5, 5.41) is 0.863. The number of hydrogen-bond acceptors (Lipinski definition) is 7. The van der Waals surface area contributed by atoms with E-state index in [1.807, 2.05) is 6.92 Å². The minimum Gasteiger partial charge on any atom is -0.463 e. The molecule has 146 valence electrons. The molecule has 0 spiro atoms. The number of fused-ring (bicyclic) bond motifs is 5. The molecular formula is C23H12O6S. The Morgan fingerprint density at radius 1 is 0.767 bits per heavy atom. The van der Waals surface area contributed by atoms with Gasteiger partial charge in [0.05, 0.1) is 20.2 Å². The highest BCUT2D eigenvalue weighted by Crippen LogP contribution is 2.29. The predicted octanol–water partition coefficient (Wildman–Crippen LogP) is 2.66. The van der Waals surface area contributed by atoms with Crippen molar-refractivity contribution in [1.82, 2.24) is 0 Å². The topological polar surface area (TPSA) is 94.6 Å². The predicted molar refractivity (Wildman–Crippen MR) is 117 cm³/mol. The van der Waals surface area contributed by atoms with E-state index in [1.165, 1.54) is 12.1 Å². The third-order valence-electron chi connectivity index (χ3n) is 5.33. The van der Waals surface area contributed by atoms with Gasteiger partial charge in [0.25, 0.3) is 6.47 Å². The van der Waals surface area contributed by atoms with Crippen LogP contribution in [0.4, 0.5) is 0 Å². The van der Waals surface area contributed by atoms with Crippen LogP contribution in [0.25, 0.3) is 41.7 Å². The van der Waals surface area contributed by atoms with Crippen LogP contribution in [0.3, 0.4) is 0 Å². The smallest absolute Gasteiger partial charge is 0.293 e. The normalized spacial score (nSPS) is 11.6. The number of aryl methyl sites for hydroxylation is 1. The summed E-state index contributed by atoms with van der Waals surface area (Å²) < 4.78 is 4.96. The Kier molecular flexibility index (Phi) is 3.91. The molecule has 30 heavy (non-hydrogen) atoms. The van der Waals surface area contributed by atoms with Crippen LogP contribution in [0.5, 0.6) is 0 Å². The molecule has 5 aromatic rings. The van der Waals surface area contributed by atoms with Gasteiger partial charge in [-0.1, -0.05) is 17.7 Å². The van der Waals surface area contributed by atoms with Crippen molar-refractivity contribution in [2.45, 2.75) is 13.5 Å². The van der Waals surface area contributed by atoms with Crippen LogP contribution in [0, 0.1) is 6.92 Å². The summed E-state index contributed by atoms with van der Waals surface area (Å²) in [6.45, 7) is 2.06. The first-order chi connectivity index (χ1) is 14.4. The van der Waals surface area contributed by atoms with E-state index in [0.29, 0.717) is 12.0 Å². The maximum absolute atomic E-state index is 13.3. The van der Waals surface area contributed by atoms with E-state index in [-0.39, 0.29) is 53.8 Å². The summed E-state index contributed by atoms with van der Waals surface area (Å²) in [4.78, 5) is 63.1. The van der Waals surface area contributed by atoms with Gasteiger partial charge in [-0.15, -0.1) is 11.3 Å². The molecule has 1 aromatic heterocycles. The molecule has 0 bridgehead atoms. The lowest BCUT2D eigenvalue weighted by atomic mass is 10.00. The summed E-state index contributed by atoms with van der Waals surface area (Å²) in [6.07, 6.45) is 0. The van der Waals surface area contributed by atoms with Gasteiger partial charge in [0.1, 0.15) is 6.61 Å². The fourth-order valence-corrected chi connectivity index (χ4v) is 5.14. The number of carbonyl (C=O) groups excluding carboxylic acids is 1. The molecule has 0 saturated carbocycles. The van der Waals surface area contributed by atoms with E-state index in [1.54, 1.807) is 24.3 Å². The first-order valence-corrected chi connectivity index (χ1v) is 9.88. The lowest BCUT2D eigenvalue weighted by molar-refractivity contribution is -0.129. The second kappa shape index (κ2) is 6.40. The zero-order chi connectivity index (χ0) is 21.2. The third-order valence-corrected chi connectivity index (χ3v) is 6.52. The zero-order valence-electron chi connectivity index (χ0n) is 15.6. The number of ether oxygens (including phenoxy) is 1. The Hall–Kier alpha value is -3.71. The molecule has 0 fully saturated rings. The monoisotopic (exact) mass is 416 g/mol. The van der Waals surface area contributed by atoms with Crippen LogP contribution >= 0.6 is 11.3 Å². The first kappa shape index (κ1) is 18.3. The summed E-state index contributed by atoms with van der Waals surface area (Å²) in [5.41, 5.74) is -0.312. The molecular weight excluding hydrogens is 404 g/mol. The first-order valence-electron chi connectivity index (χ1n) is 9.06. The SMILES string of the molecule is Cc1ccc2c(=O)c3sc4c(=O)c5ccc(COC=O)cc5c(=O)c4c3c(=O)c2c1. The molecule has 6 nitrogen and oxygen atoms in total. The van der Waals surface area contributed by atoms with Gasteiger partial charge >= 0.3 is 0 Å². The fraction of sp³-hybridized carbons (Fsp3) is 0.0870. The van der Waals surface area contributed by atoms with Crippen molar-refractivity contribution in [2.24, 2.45) is 0 Å². The third kappa shape index (κ3) is 2.39. The van der Waals surface area contributed by atoms with Crippen molar-refractivity contribution in [3.05, 3.63) is 88.4 Å². The highest BCUT2D eigenvalue weighted by atomic mass is 32.1. The van der Waals surface area contributed by atoms with E-state index in [0.717, 1.165) is 16.9 Å². The highest BCUT2D eigenvalue weighted by molar-refractivity contribution is 7.25. The van der Waals surface area contributed by atoms with Crippen molar-refractivity contribution in [2.75, 3.05) is 0 Å². The van der Waals surface area contributed by atoms with Gasteiger partial charge in [0.15, 0.2) is 10.9 Å². The molecule has 4 aromatic carbocycles. The van der Waals surface area contributed by atoms with Crippen LogP contribution in [0.1, 0.15) is 11.1 Å². The molecule has 0 aliphatic rings. The van der Waals surface area contributed by atoms with Gasteiger partial charge in [0, 0.05) is 21.5 Å². The molecule has 1 heterocycles. The summed E-state index contributed by atoms with van der Waals surface area (Å²) in [7, 11) is 0. The Labute approximate surface area is 171 Å². The van der Waals surface area contributed by atoms with Crippen LogP contribution < -0.4 is 21.7 Å². The maximum Gasteiger partial charge on any atom is 0.293 e. The van der Waals surface area contributed by atoms with E-state index in [4.69, 9.17) is 4.74 Å². The lowest BCUT2D eigenvalue weighted by Gasteiger charge is -2.02. The molecule has 5 rings (SSSR count). The van der Waals surface area contributed by atoms with Gasteiger partial charge in [0.2, 0.25) is 10.9 Å². The Bertz CT molecular complexity index is 1750. The Morgan fingerprint density at radius 2 is 1.33 bits per heavy atom. The van der Waals surface area contributed by atoms with Gasteiger partial charge in [-0.25, -0.2) is 0 Å². The van der Waals surface area contributed by atoms with E-state index in [2.05, 4.69) is 0 Å². The van der Waals surface area contributed by atoms with Crippen molar-refractivity contribution >= 4 is 59.5 Å². The van der Waals surface area contributed by atoms with Crippen molar-refractivity contribution < 1.29 is 9.53 Å². The molecule has 0 N–H and O–H groups in total. The van der Waals surface area contributed by atoms with Crippen molar-refractivity contribution in [3.8, 4) is 0 Å². The average molecular weight is 416 g/mol. The molecule has 0 aliphatic heterocycles. The highest BCUT2D eigenvalue weighted by Gasteiger charge is 2.22. The molecule has 0 unspecified atom stereocenters. The van der Waals surface area contributed by atoms with E-state index in [9.17, 15) is 24.0 Å².